The summed E-state index contributed by atoms with van der Waals surface area (Å²) in [5.74, 6) is 0. The maximum atomic E-state index is 10.5. The predicted octanol–water partition coefficient (Wildman–Crippen LogP) is -0.975. The summed E-state index contributed by atoms with van der Waals surface area (Å²) in [6.07, 6.45) is 0.977. The Morgan fingerprint density at radius 1 is 1.71 bits per heavy atom. The Hall–Kier alpha value is 0.289. The second kappa shape index (κ2) is 8.59. The molecule has 0 aromatic rings. The summed E-state index contributed by atoms with van der Waals surface area (Å²) in [6.45, 7) is 0.966. The molecular weight excluding hydrogens is 242 g/mol. The van der Waals surface area contributed by atoms with Gasteiger partial charge in [-0.25, -0.2) is 5.57 Å². The molecule has 4 nitrogen and oxygen atoms in total. The Morgan fingerprint density at radius 2 is 2.21 bits per heavy atom. The minimum absolute atomic E-state index is 0. The average molecular weight is 252 g/mol. The van der Waals surface area contributed by atoms with Crippen molar-refractivity contribution in [2.75, 3.05) is 6.61 Å². The van der Waals surface area contributed by atoms with E-state index >= 15 is 0 Å². The van der Waals surface area contributed by atoms with Gasteiger partial charge in [0.2, 0.25) is 0 Å². The molecule has 14 heavy (non-hydrogen) atoms. The first-order valence-electron chi connectivity index (χ1n) is 3.51. The van der Waals surface area contributed by atoms with Crippen LogP contribution in [0.4, 0.5) is 0 Å². The molecule has 2 N–H and O–H groups in total. The van der Waals surface area contributed by atoms with E-state index in [9.17, 15) is 13.9 Å². The Morgan fingerprint density at radius 3 is 2.50 bits per heavy atom. The van der Waals surface area contributed by atoms with Gasteiger partial charge < -0.3 is 14.8 Å². The van der Waals surface area contributed by atoms with Crippen LogP contribution in [0.15, 0.2) is 10.5 Å². The van der Waals surface area contributed by atoms with Gasteiger partial charge in [0.15, 0.2) is 0 Å². The van der Waals surface area contributed by atoms with Crippen LogP contribution in [0.25, 0.3) is 0 Å². The van der Waals surface area contributed by atoms with Gasteiger partial charge in [0.25, 0.3) is 0 Å². The normalized spacial score (nSPS) is 16.3. The van der Waals surface area contributed by atoms with E-state index in [1.54, 1.807) is 0 Å². The van der Waals surface area contributed by atoms with Crippen LogP contribution in [0, 0.1) is 12.7 Å². The van der Waals surface area contributed by atoms with Gasteiger partial charge in [0.05, 0.1) is 0 Å². The Balaban J connectivity index is 0. The third-order valence-electron chi connectivity index (χ3n) is 1.48. The fraction of sp³-hybridized carbons (Fsp3) is 0.429. The van der Waals surface area contributed by atoms with Gasteiger partial charge in [-0.05, 0) is 7.85 Å². The quantitative estimate of drug-likeness (QED) is 0.374. The van der Waals surface area contributed by atoms with Gasteiger partial charge in [-0.3, -0.25) is 16.9 Å². The second-order valence-electron chi connectivity index (χ2n) is 2.28. The number of hydrogen-bond donors (Lipinski definition) is 2. The Bertz CT molecular complexity index is 222. The van der Waals surface area contributed by atoms with E-state index in [2.05, 4.69) is 0 Å². The molecule has 0 bridgehead atoms. The van der Waals surface area contributed by atoms with E-state index < -0.39 is 17.2 Å². The first kappa shape index (κ1) is 16.7. The van der Waals surface area contributed by atoms with Gasteiger partial charge in [0.1, 0.15) is 0 Å². The molecule has 0 aliphatic rings. The summed E-state index contributed by atoms with van der Waals surface area (Å²) < 4.78 is 21.0. The molecule has 7 heteroatoms. The molecule has 0 fully saturated rings. The molecule has 3 radical (unpaired) electrons. The van der Waals surface area contributed by atoms with Crippen LogP contribution in [-0.2, 0) is 29.6 Å². The van der Waals surface area contributed by atoms with Crippen molar-refractivity contribution in [1.29, 1.82) is 0 Å². The summed E-state index contributed by atoms with van der Waals surface area (Å²) in [6, 6.07) is 0. The molecule has 77 valence electrons. The zero-order valence-corrected chi connectivity index (χ0v) is 9.80. The minimum Gasteiger partial charge on any atom is -0.784 e. The largest absolute Gasteiger partial charge is 2.00 e. The van der Waals surface area contributed by atoms with E-state index in [0.717, 1.165) is 12.7 Å². The summed E-state index contributed by atoms with van der Waals surface area (Å²) in [5, 5.41) is 17.7. The van der Waals surface area contributed by atoms with Crippen molar-refractivity contribution in [3.05, 3.63) is 23.2 Å². The van der Waals surface area contributed by atoms with Gasteiger partial charge in [0, 0.05) is 0 Å². The van der Waals surface area contributed by atoms with Crippen molar-refractivity contribution in [2.24, 2.45) is 0 Å². The Kier molecular flexibility index (Phi) is 10.2. The molecule has 2 atom stereocenters. The molecule has 0 rings (SSSR count). The topological polar surface area (TPSA) is 80.6 Å². The summed E-state index contributed by atoms with van der Waals surface area (Å²) in [5.41, 5.74) is 0.0717. The van der Waals surface area contributed by atoms with Crippen LogP contribution >= 0.6 is 0 Å². The van der Waals surface area contributed by atoms with Crippen molar-refractivity contribution in [3.8, 4) is 0 Å². The monoisotopic (exact) mass is 252 g/mol. The van der Waals surface area contributed by atoms with E-state index in [0.29, 0.717) is 0 Å². The molecule has 0 aromatic carbocycles. The van der Waals surface area contributed by atoms with E-state index in [1.165, 1.54) is 6.92 Å². The molecule has 0 saturated heterocycles. The van der Waals surface area contributed by atoms with Crippen molar-refractivity contribution < 1.29 is 37.5 Å². The molecule has 0 spiro atoms. The molecule has 0 aliphatic heterocycles. The fourth-order valence-electron chi connectivity index (χ4n) is 0.747. The van der Waals surface area contributed by atoms with Crippen molar-refractivity contribution in [3.63, 3.8) is 0 Å². The SMILES string of the molecule is [B][CH-]/C(=C(\C)S(=O)[O-])C(O)[CH-]CO.[V+2]. The zero-order chi connectivity index (χ0) is 10.4. The molecule has 0 aliphatic carbocycles. The second-order valence-corrected chi connectivity index (χ2v) is 3.36. The predicted molar refractivity (Wildman–Crippen MR) is 49.1 cm³/mol. The number of hydrogen-bond acceptors (Lipinski definition) is 4. The van der Waals surface area contributed by atoms with E-state index in [-0.39, 0.29) is 35.6 Å². The number of aliphatic hydroxyl groups is 2. The third kappa shape index (κ3) is 5.24. The number of allylic oxidation sites excluding steroid dienone is 1. The third-order valence-corrected chi connectivity index (χ3v) is 2.22. The Labute approximate surface area is 99.4 Å². The molecular formula is C7H10BO4SV-. The van der Waals surface area contributed by atoms with Gasteiger partial charge >= 0.3 is 18.6 Å². The van der Waals surface area contributed by atoms with Crippen LogP contribution in [-0.4, -0.2) is 39.5 Å². The van der Waals surface area contributed by atoms with Crippen molar-refractivity contribution in [2.45, 2.75) is 13.0 Å². The van der Waals surface area contributed by atoms with E-state index in [4.69, 9.17) is 13.0 Å². The zero-order valence-electron chi connectivity index (χ0n) is 7.58. The fourth-order valence-corrected chi connectivity index (χ4v) is 1.13. The minimum atomic E-state index is -2.41. The standard InChI is InChI=1S/C7H11BO4S.V/c1-5(13(11)12)6(4-8)7(10)2-3-9;/h2,4,7,9-10H,3H2,1H3,(H,11,12);/q-2;+2/p-1/b6-5-;. The first-order chi connectivity index (χ1) is 6.04. The number of aliphatic hydroxyl groups excluding tert-OH is 2. The average Bonchev–Trinajstić information content (AvgIpc) is 2.05. The van der Waals surface area contributed by atoms with Crippen LogP contribution in [0.2, 0.25) is 0 Å². The van der Waals surface area contributed by atoms with Crippen LogP contribution in [0.1, 0.15) is 6.92 Å². The number of rotatable bonds is 5. The van der Waals surface area contributed by atoms with Gasteiger partial charge in [-0.2, -0.15) is 0 Å². The molecule has 0 saturated carbocycles. The molecule has 0 aromatic heterocycles. The van der Waals surface area contributed by atoms with Crippen LogP contribution < -0.4 is 0 Å². The maximum Gasteiger partial charge on any atom is 2.00 e. The van der Waals surface area contributed by atoms with Crippen LogP contribution in [0.3, 0.4) is 0 Å². The van der Waals surface area contributed by atoms with Crippen molar-refractivity contribution >= 4 is 18.9 Å². The van der Waals surface area contributed by atoms with Crippen molar-refractivity contribution in [1.82, 2.24) is 0 Å². The summed E-state index contributed by atoms with van der Waals surface area (Å²) in [7, 11) is 5.12. The van der Waals surface area contributed by atoms with E-state index in [1.807, 2.05) is 0 Å². The first-order valence-corrected chi connectivity index (χ1v) is 4.59. The molecule has 2 unspecified atom stereocenters. The smallest absolute Gasteiger partial charge is 0.784 e. The molecule has 0 amide bonds. The summed E-state index contributed by atoms with van der Waals surface area (Å²) >= 11 is -2.41. The van der Waals surface area contributed by atoms with Gasteiger partial charge in [-0.1, -0.05) is 19.6 Å². The van der Waals surface area contributed by atoms with Gasteiger partial charge in [-0.15, -0.1) is 16.0 Å². The molecule has 0 heterocycles. The van der Waals surface area contributed by atoms with Crippen LogP contribution in [0.5, 0.6) is 0 Å². The maximum absolute atomic E-state index is 10.5. The summed E-state index contributed by atoms with van der Waals surface area (Å²) in [4.78, 5) is -0.0419.